The van der Waals surface area contributed by atoms with Crippen LogP contribution in [0, 0.1) is 21.4 Å². The van der Waals surface area contributed by atoms with Gasteiger partial charge in [0.1, 0.15) is 11.1 Å². The number of nitrogens with zero attached hydrogens (tertiary/aromatic N) is 3. The van der Waals surface area contributed by atoms with Gasteiger partial charge in [-0.1, -0.05) is 53.7 Å². The van der Waals surface area contributed by atoms with Crippen molar-refractivity contribution in [1.29, 1.82) is 5.26 Å². The van der Waals surface area contributed by atoms with E-state index in [0.29, 0.717) is 42.2 Å². The Balaban J connectivity index is 2.09. The number of hydrogen-bond acceptors (Lipinski definition) is 5. The average molecular weight is 428 g/mol. The van der Waals surface area contributed by atoms with Crippen molar-refractivity contribution in [3.63, 3.8) is 0 Å². The summed E-state index contributed by atoms with van der Waals surface area (Å²) >= 11 is 13.8. The van der Waals surface area contributed by atoms with Crippen molar-refractivity contribution in [3.05, 3.63) is 86.5 Å². The number of halogens is 2. The van der Waals surface area contributed by atoms with Crippen LogP contribution in [0.2, 0.25) is 10.0 Å². The van der Waals surface area contributed by atoms with E-state index in [1.165, 1.54) is 23.9 Å². The quantitative estimate of drug-likeness (QED) is 0.337. The zero-order valence-corrected chi connectivity index (χ0v) is 16.6. The lowest BCUT2D eigenvalue weighted by molar-refractivity contribution is -0.384. The van der Waals surface area contributed by atoms with Crippen LogP contribution < -0.4 is 0 Å². The van der Waals surface area contributed by atoms with Crippen molar-refractivity contribution in [1.82, 2.24) is 4.98 Å². The molecular weight excluding hydrogens is 417 g/mol. The molecule has 1 aromatic heterocycles. The number of benzene rings is 2. The highest BCUT2D eigenvalue weighted by atomic mass is 35.5. The van der Waals surface area contributed by atoms with E-state index in [1.807, 2.05) is 0 Å². The van der Waals surface area contributed by atoms with Crippen LogP contribution in [0.15, 0.2) is 65.2 Å². The molecule has 0 unspecified atom stereocenters. The predicted octanol–water partition coefficient (Wildman–Crippen LogP) is 6.63. The topological polar surface area (TPSA) is 79.8 Å². The Morgan fingerprint density at radius 2 is 1.82 bits per heavy atom. The molecule has 0 aliphatic carbocycles. The van der Waals surface area contributed by atoms with Crippen LogP contribution in [-0.2, 0) is 0 Å². The fraction of sp³-hybridized carbons (Fsp3) is 0. The summed E-state index contributed by atoms with van der Waals surface area (Å²) in [5.74, 6) is 0. The largest absolute Gasteiger partial charge is 0.269 e. The van der Waals surface area contributed by atoms with E-state index in [2.05, 4.69) is 17.6 Å². The minimum atomic E-state index is -0.467. The lowest BCUT2D eigenvalue weighted by atomic mass is 9.98. The van der Waals surface area contributed by atoms with Gasteiger partial charge in [-0.25, -0.2) is 4.98 Å². The van der Waals surface area contributed by atoms with Gasteiger partial charge in [0.2, 0.25) is 0 Å². The van der Waals surface area contributed by atoms with Crippen LogP contribution in [0.5, 0.6) is 0 Å². The third-order valence-electron chi connectivity index (χ3n) is 3.89. The molecule has 0 aliphatic rings. The number of pyridine rings is 1. The van der Waals surface area contributed by atoms with Gasteiger partial charge >= 0.3 is 0 Å². The molecule has 28 heavy (non-hydrogen) atoms. The fourth-order valence-electron chi connectivity index (χ4n) is 2.61. The summed E-state index contributed by atoms with van der Waals surface area (Å²) in [5.41, 5.74) is 2.07. The molecule has 0 N–H and O–H groups in total. The standard InChI is InChI=1S/C20H11Cl2N3O2S/c1-2-14-15(10-23)20(28-13-8-6-12(7-9-13)25(26)27)24-11-16(14)19-17(21)4-3-5-18(19)22/h2-9,11H,1H2. The van der Waals surface area contributed by atoms with Gasteiger partial charge in [0.05, 0.1) is 10.5 Å². The molecule has 3 aromatic rings. The number of nitro benzene ring substituents is 1. The maximum Gasteiger partial charge on any atom is 0.269 e. The number of nitriles is 1. The van der Waals surface area contributed by atoms with E-state index in [1.54, 1.807) is 42.6 Å². The highest BCUT2D eigenvalue weighted by Gasteiger charge is 2.18. The van der Waals surface area contributed by atoms with Crippen LogP contribution >= 0.6 is 35.0 Å². The maximum absolute atomic E-state index is 10.8. The normalized spacial score (nSPS) is 10.3. The zero-order chi connectivity index (χ0) is 20.3. The third kappa shape index (κ3) is 3.87. The van der Waals surface area contributed by atoms with Crippen LogP contribution in [0.1, 0.15) is 11.1 Å². The number of nitro groups is 1. The molecule has 0 spiro atoms. The molecule has 0 aliphatic heterocycles. The molecule has 2 aromatic carbocycles. The first-order valence-electron chi connectivity index (χ1n) is 7.88. The van der Waals surface area contributed by atoms with Crippen molar-refractivity contribution in [2.75, 3.05) is 0 Å². The number of aromatic nitrogens is 1. The Morgan fingerprint density at radius 1 is 1.18 bits per heavy atom. The van der Waals surface area contributed by atoms with Gasteiger partial charge in [-0.3, -0.25) is 10.1 Å². The van der Waals surface area contributed by atoms with Gasteiger partial charge in [0, 0.05) is 50.0 Å². The Morgan fingerprint density at radius 3 is 2.36 bits per heavy atom. The number of non-ortho nitro benzene ring substituents is 1. The van der Waals surface area contributed by atoms with E-state index in [0.717, 1.165) is 0 Å². The van der Waals surface area contributed by atoms with Gasteiger partial charge in [0.25, 0.3) is 5.69 Å². The zero-order valence-electron chi connectivity index (χ0n) is 14.2. The summed E-state index contributed by atoms with van der Waals surface area (Å²) in [6.07, 6.45) is 3.16. The second-order valence-corrected chi connectivity index (χ2v) is 7.41. The summed E-state index contributed by atoms with van der Waals surface area (Å²) in [7, 11) is 0. The van der Waals surface area contributed by atoms with Crippen LogP contribution in [0.4, 0.5) is 5.69 Å². The summed E-state index contributed by atoms with van der Waals surface area (Å²) in [6, 6.07) is 13.3. The lowest BCUT2D eigenvalue weighted by Crippen LogP contribution is -1.96. The first kappa shape index (κ1) is 19.9. The van der Waals surface area contributed by atoms with E-state index >= 15 is 0 Å². The molecule has 5 nitrogen and oxygen atoms in total. The smallest absolute Gasteiger partial charge is 0.258 e. The SMILES string of the molecule is C=Cc1c(-c2c(Cl)cccc2Cl)cnc(Sc2ccc([N+](=O)[O-])cc2)c1C#N. The maximum atomic E-state index is 10.8. The molecule has 0 saturated carbocycles. The molecule has 0 fully saturated rings. The fourth-order valence-corrected chi connectivity index (χ4v) is 4.07. The third-order valence-corrected chi connectivity index (χ3v) is 5.54. The Bertz CT molecular complexity index is 1110. The minimum absolute atomic E-state index is 0.00620. The molecule has 3 rings (SSSR count). The molecule has 0 radical (unpaired) electrons. The first-order chi connectivity index (χ1) is 13.5. The van der Waals surface area contributed by atoms with E-state index < -0.39 is 4.92 Å². The average Bonchev–Trinajstić information content (AvgIpc) is 2.68. The molecular formula is C20H11Cl2N3O2S. The number of rotatable bonds is 5. The Hall–Kier alpha value is -2.85. The van der Waals surface area contributed by atoms with Crippen LogP contribution in [0.25, 0.3) is 17.2 Å². The first-order valence-corrected chi connectivity index (χ1v) is 9.45. The van der Waals surface area contributed by atoms with Gasteiger partial charge in [-0.2, -0.15) is 5.26 Å². The Kier molecular flexibility index (Phi) is 6.00. The van der Waals surface area contributed by atoms with E-state index in [4.69, 9.17) is 23.2 Å². The summed E-state index contributed by atoms with van der Waals surface area (Å²) in [6.45, 7) is 3.81. The van der Waals surface area contributed by atoms with E-state index in [9.17, 15) is 15.4 Å². The minimum Gasteiger partial charge on any atom is -0.258 e. The number of hydrogen-bond donors (Lipinski definition) is 0. The van der Waals surface area contributed by atoms with Gasteiger partial charge < -0.3 is 0 Å². The summed E-state index contributed by atoms with van der Waals surface area (Å²) < 4.78 is 0. The Labute approximate surface area is 175 Å². The molecule has 138 valence electrons. The predicted molar refractivity (Wildman–Crippen MR) is 112 cm³/mol. The van der Waals surface area contributed by atoms with E-state index in [-0.39, 0.29) is 5.69 Å². The molecule has 0 bridgehead atoms. The molecule has 8 heteroatoms. The van der Waals surface area contributed by atoms with Gasteiger partial charge in [-0.15, -0.1) is 0 Å². The lowest BCUT2D eigenvalue weighted by Gasteiger charge is -2.13. The van der Waals surface area contributed by atoms with Gasteiger partial charge in [0.15, 0.2) is 0 Å². The van der Waals surface area contributed by atoms with Crippen molar-refractivity contribution in [3.8, 4) is 17.2 Å². The second-order valence-electron chi connectivity index (χ2n) is 5.53. The highest BCUT2D eigenvalue weighted by molar-refractivity contribution is 7.99. The molecule has 0 amide bonds. The van der Waals surface area contributed by atoms with Crippen molar-refractivity contribution < 1.29 is 4.92 Å². The molecule has 0 atom stereocenters. The van der Waals surface area contributed by atoms with Crippen LogP contribution in [-0.4, -0.2) is 9.91 Å². The van der Waals surface area contributed by atoms with Crippen molar-refractivity contribution >= 4 is 46.7 Å². The molecule has 0 saturated heterocycles. The monoisotopic (exact) mass is 427 g/mol. The second kappa shape index (κ2) is 8.44. The summed E-state index contributed by atoms with van der Waals surface area (Å²) in [5, 5.41) is 21.9. The van der Waals surface area contributed by atoms with Crippen molar-refractivity contribution in [2.45, 2.75) is 9.92 Å². The summed E-state index contributed by atoms with van der Waals surface area (Å²) in [4.78, 5) is 15.5. The highest BCUT2D eigenvalue weighted by Crippen LogP contribution is 2.40. The van der Waals surface area contributed by atoms with Crippen LogP contribution in [0.3, 0.4) is 0 Å². The molecule has 1 heterocycles. The van der Waals surface area contributed by atoms with Crippen molar-refractivity contribution in [2.24, 2.45) is 0 Å². The van der Waals surface area contributed by atoms with Gasteiger partial charge in [-0.05, 0) is 24.3 Å².